The van der Waals surface area contributed by atoms with Crippen LogP contribution < -0.4 is 10.6 Å². The molecule has 6 nitrogen and oxygen atoms in total. The summed E-state index contributed by atoms with van der Waals surface area (Å²) < 4.78 is 0. The van der Waals surface area contributed by atoms with Crippen molar-refractivity contribution in [2.45, 2.75) is 20.3 Å². The molecular weight excluding hydrogens is 286 g/mol. The summed E-state index contributed by atoms with van der Waals surface area (Å²) in [5.41, 5.74) is 0.710. The molecular formula is C14H19N5OS. The zero-order valence-electron chi connectivity index (χ0n) is 12.2. The summed E-state index contributed by atoms with van der Waals surface area (Å²) >= 11 is 1.32. The molecule has 0 aromatic carbocycles. The Morgan fingerprint density at radius 2 is 2.00 bits per heavy atom. The molecule has 0 saturated carbocycles. The van der Waals surface area contributed by atoms with Gasteiger partial charge in [0.2, 0.25) is 0 Å². The molecule has 0 aliphatic rings. The molecule has 2 rings (SSSR count). The lowest BCUT2D eigenvalue weighted by Crippen LogP contribution is -2.32. The van der Waals surface area contributed by atoms with Gasteiger partial charge in [0.1, 0.15) is 4.88 Å². The van der Waals surface area contributed by atoms with Gasteiger partial charge in [0.15, 0.2) is 10.8 Å². The van der Waals surface area contributed by atoms with Crippen molar-refractivity contribution in [1.82, 2.24) is 25.6 Å². The minimum Gasteiger partial charge on any atom is -0.350 e. The van der Waals surface area contributed by atoms with E-state index in [9.17, 15) is 4.79 Å². The first-order valence-electron chi connectivity index (χ1n) is 6.96. The zero-order chi connectivity index (χ0) is 15.1. The predicted octanol–water partition coefficient (Wildman–Crippen LogP) is 1.64. The van der Waals surface area contributed by atoms with E-state index >= 15 is 0 Å². The summed E-state index contributed by atoms with van der Waals surface area (Å²) in [6.45, 7) is 6.27. The Kier molecular flexibility index (Phi) is 5.77. The number of amides is 1. The third-order valence-corrected chi connectivity index (χ3v) is 3.93. The predicted molar refractivity (Wildman–Crippen MR) is 83.4 cm³/mol. The molecule has 2 aromatic rings. The van der Waals surface area contributed by atoms with Gasteiger partial charge in [-0.05, 0) is 26.0 Å². The van der Waals surface area contributed by atoms with Crippen molar-refractivity contribution in [3.63, 3.8) is 0 Å². The Labute approximate surface area is 128 Å². The van der Waals surface area contributed by atoms with Crippen LogP contribution in [0.5, 0.6) is 0 Å². The van der Waals surface area contributed by atoms with Crippen LogP contribution in [0.3, 0.4) is 0 Å². The Morgan fingerprint density at radius 1 is 1.24 bits per heavy atom. The average Bonchev–Trinajstić information content (AvgIpc) is 2.90. The fourth-order valence-corrected chi connectivity index (χ4v) is 2.69. The molecule has 0 saturated heterocycles. The van der Waals surface area contributed by atoms with E-state index in [1.807, 2.05) is 6.92 Å². The molecule has 2 N–H and O–H groups in total. The molecule has 0 atom stereocenters. The van der Waals surface area contributed by atoms with Crippen LogP contribution in [0.25, 0.3) is 10.8 Å². The van der Waals surface area contributed by atoms with Gasteiger partial charge in [-0.2, -0.15) is 0 Å². The molecule has 2 aromatic heterocycles. The number of carbonyl (C=O) groups excluding carboxylic acids is 1. The van der Waals surface area contributed by atoms with E-state index in [2.05, 4.69) is 32.5 Å². The Bertz CT molecular complexity index is 584. The number of rotatable bonds is 7. The highest BCUT2D eigenvalue weighted by atomic mass is 32.1. The largest absolute Gasteiger partial charge is 0.350 e. The lowest BCUT2D eigenvalue weighted by atomic mass is 10.3. The number of thiazole rings is 1. The molecule has 112 valence electrons. The van der Waals surface area contributed by atoms with E-state index in [-0.39, 0.29) is 5.91 Å². The molecule has 7 heteroatoms. The first kappa shape index (κ1) is 15.5. The smallest absolute Gasteiger partial charge is 0.263 e. The van der Waals surface area contributed by atoms with Crippen molar-refractivity contribution in [3.8, 4) is 10.8 Å². The van der Waals surface area contributed by atoms with E-state index in [1.165, 1.54) is 11.3 Å². The summed E-state index contributed by atoms with van der Waals surface area (Å²) in [6.07, 6.45) is 4.42. The summed E-state index contributed by atoms with van der Waals surface area (Å²) in [5, 5.41) is 6.80. The third kappa shape index (κ3) is 4.30. The van der Waals surface area contributed by atoms with Gasteiger partial charge in [-0.15, -0.1) is 11.3 Å². The molecule has 0 fully saturated rings. The van der Waals surface area contributed by atoms with Crippen LogP contribution in [0.2, 0.25) is 0 Å². The van der Waals surface area contributed by atoms with Gasteiger partial charge in [0.05, 0.1) is 5.69 Å². The monoisotopic (exact) mass is 305 g/mol. The van der Waals surface area contributed by atoms with Gasteiger partial charge in [0, 0.05) is 25.5 Å². The zero-order valence-corrected chi connectivity index (χ0v) is 13.0. The highest BCUT2D eigenvalue weighted by Gasteiger charge is 2.16. The quantitative estimate of drug-likeness (QED) is 0.760. The van der Waals surface area contributed by atoms with Crippen LogP contribution in [0.15, 0.2) is 18.5 Å². The van der Waals surface area contributed by atoms with Gasteiger partial charge >= 0.3 is 0 Å². The summed E-state index contributed by atoms with van der Waals surface area (Å²) in [6, 6.07) is 1.75. The van der Waals surface area contributed by atoms with Gasteiger partial charge < -0.3 is 10.6 Å². The lowest BCUT2D eigenvalue weighted by Gasteiger charge is -2.04. The second-order valence-corrected chi connectivity index (χ2v) is 5.51. The van der Waals surface area contributed by atoms with Gasteiger partial charge in [-0.3, -0.25) is 4.79 Å². The van der Waals surface area contributed by atoms with Crippen LogP contribution in [0.1, 0.15) is 28.7 Å². The number of nitrogens with zero attached hydrogens (tertiary/aromatic N) is 3. The number of hydrogen-bond acceptors (Lipinski definition) is 6. The minimum absolute atomic E-state index is 0.0921. The number of aromatic nitrogens is 3. The van der Waals surface area contributed by atoms with Crippen molar-refractivity contribution in [2.24, 2.45) is 0 Å². The average molecular weight is 305 g/mol. The SMILES string of the molecule is CCCNCCNC(=O)c1sc(-c2ncccn2)nc1C. The fourth-order valence-electron chi connectivity index (χ4n) is 1.76. The lowest BCUT2D eigenvalue weighted by molar-refractivity contribution is 0.0957. The van der Waals surface area contributed by atoms with E-state index in [0.29, 0.717) is 27.9 Å². The number of nitrogens with one attached hydrogen (secondary N) is 2. The number of hydrogen-bond donors (Lipinski definition) is 2. The van der Waals surface area contributed by atoms with Gasteiger partial charge in [-0.1, -0.05) is 6.92 Å². The molecule has 0 radical (unpaired) electrons. The van der Waals surface area contributed by atoms with E-state index < -0.39 is 0 Å². The van der Waals surface area contributed by atoms with E-state index in [1.54, 1.807) is 18.5 Å². The maximum Gasteiger partial charge on any atom is 0.263 e. The normalized spacial score (nSPS) is 10.6. The van der Waals surface area contributed by atoms with Crippen molar-refractivity contribution < 1.29 is 4.79 Å². The standard InChI is InChI=1S/C14H19N5OS/c1-3-5-15-8-9-18-13(20)11-10(2)19-14(21-11)12-16-6-4-7-17-12/h4,6-7,15H,3,5,8-9H2,1-2H3,(H,18,20). The van der Waals surface area contributed by atoms with Crippen molar-refractivity contribution in [2.75, 3.05) is 19.6 Å². The van der Waals surface area contributed by atoms with Crippen molar-refractivity contribution in [1.29, 1.82) is 0 Å². The van der Waals surface area contributed by atoms with Gasteiger partial charge in [0.25, 0.3) is 5.91 Å². The second kappa shape index (κ2) is 7.80. The fraction of sp³-hybridized carbons (Fsp3) is 0.429. The summed E-state index contributed by atoms with van der Waals surface area (Å²) in [7, 11) is 0. The first-order valence-corrected chi connectivity index (χ1v) is 7.77. The maximum atomic E-state index is 12.1. The summed E-state index contributed by atoms with van der Waals surface area (Å²) in [5.74, 6) is 0.458. The Morgan fingerprint density at radius 3 is 2.71 bits per heavy atom. The Balaban J connectivity index is 1.97. The Hall–Kier alpha value is -1.86. The minimum atomic E-state index is -0.0921. The molecule has 0 aliphatic carbocycles. The van der Waals surface area contributed by atoms with E-state index in [4.69, 9.17) is 0 Å². The third-order valence-electron chi connectivity index (χ3n) is 2.77. The maximum absolute atomic E-state index is 12.1. The molecule has 0 aliphatic heterocycles. The van der Waals surface area contributed by atoms with Crippen LogP contribution >= 0.6 is 11.3 Å². The molecule has 0 spiro atoms. The molecule has 0 bridgehead atoms. The molecule has 2 heterocycles. The molecule has 21 heavy (non-hydrogen) atoms. The van der Waals surface area contributed by atoms with Crippen LogP contribution in [0.4, 0.5) is 0 Å². The highest BCUT2D eigenvalue weighted by molar-refractivity contribution is 7.17. The number of aryl methyl sites for hydroxylation is 1. The molecule has 1 amide bonds. The second-order valence-electron chi connectivity index (χ2n) is 4.51. The topological polar surface area (TPSA) is 79.8 Å². The van der Waals surface area contributed by atoms with Crippen molar-refractivity contribution >= 4 is 17.2 Å². The van der Waals surface area contributed by atoms with Crippen LogP contribution in [-0.4, -0.2) is 40.5 Å². The van der Waals surface area contributed by atoms with Crippen molar-refractivity contribution in [3.05, 3.63) is 29.0 Å². The van der Waals surface area contributed by atoms with E-state index in [0.717, 1.165) is 19.5 Å². The first-order chi connectivity index (χ1) is 10.2. The summed E-state index contributed by atoms with van der Waals surface area (Å²) in [4.78, 5) is 25.4. The van der Waals surface area contributed by atoms with Crippen LogP contribution in [0, 0.1) is 6.92 Å². The molecule has 0 unspecified atom stereocenters. The highest BCUT2D eigenvalue weighted by Crippen LogP contribution is 2.24. The van der Waals surface area contributed by atoms with Gasteiger partial charge in [-0.25, -0.2) is 15.0 Å². The number of carbonyl (C=O) groups is 1. The van der Waals surface area contributed by atoms with Crippen LogP contribution in [-0.2, 0) is 0 Å².